The molecule has 1 aromatic carbocycles. The van der Waals surface area contributed by atoms with Crippen molar-refractivity contribution >= 4 is 5.69 Å². The molecule has 0 atom stereocenters. The Kier molecular flexibility index (Phi) is 5.28. The van der Waals surface area contributed by atoms with Crippen LogP contribution in [0.2, 0.25) is 0 Å². The maximum absolute atomic E-state index is 11.8. The van der Waals surface area contributed by atoms with Crippen LogP contribution in [0, 0.1) is 0 Å². The van der Waals surface area contributed by atoms with Crippen molar-refractivity contribution in [1.29, 1.82) is 0 Å². The molecule has 0 aliphatic carbocycles. The molecular formula is C12H17F3N2. The predicted octanol–water partition coefficient (Wildman–Crippen LogP) is 2.66. The number of para-hydroxylation sites is 1. The van der Waals surface area contributed by atoms with E-state index in [1.165, 1.54) is 0 Å². The highest BCUT2D eigenvalue weighted by Gasteiger charge is 2.25. The molecule has 17 heavy (non-hydrogen) atoms. The highest BCUT2D eigenvalue weighted by Crippen LogP contribution is 2.12. The lowest BCUT2D eigenvalue weighted by Gasteiger charge is -2.19. The van der Waals surface area contributed by atoms with Gasteiger partial charge in [0.2, 0.25) is 0 Å². The van der Waals surface area contributed by atoms with Gasteiger partial charge in [0, 0.05) is 19.3 Å². The highest BCUT2D eigenvalue weighted by molar-refractivity contribution is 5.44. The van der Waals surface area contributed by atoms with Crippen molar-refractivity contribution in [3.8, 4) is 0 Å². The van der Waals surface area contributed by atoms with E-state index in [9.17, 15) is 13.2 Å². The van der Waals surface area contributed by atoms with Gasteiger partial charge >= 0.3 is 6.18 Å². The molecule has 0 fully saturated rings. The molecule has 0 spiro atoms. The van der Waals surface area contributed by atoms with Crippen molar-refractivity contribution in [3.05, 3.63) is 30.3 Å². The fourth-order valence-corrected chi connectivity index (χ4v) is 1.48. The number of alkyl halides is 3. The summed E-state index contributed by atoms with van der Waals surface area (Å²) in [5.41, 5.74) is 1.07. The van der Waals surface area contributed by atoms with Gasteiger partial charge in [-0.25, -0.2) is 0 Å². The van der Waals surface area contributed by atoms with E-state index in [0.717, 1.165) is 12.2 Å². The predicted molar refractivity (Wildman–Crippen MR) is 63.3 cm³/mol. The average molecular weight is 246 g/mol. The first-order valence-corrected chi connectivity index (χ1v) is 5.53. The Hall–Kier alpha value is -1.23. The number of rotatable bonds is 6. The third-order valence-corrected chi connectivity index (χ3v) is 2.37. The quantitative estimate of drug-likeness (QED) is 0.776. The Bertz CT molecular complexity index is 311. The summed E-state index contributed by atoms with van der Waals surface area (Å²) in [5.74, 6) is 0. The molecule has 0 aliphatic heterocycles. The molecular weight excluding hydrogens is 229 g/mol. The summed E-state index contributed by atoms with van der Waals surface area (Å²) in [6.45, 7) is 0.188. The molecule has 0 aliphatic rings. The molecule has 1 aromatic rings. The van der Waals surface area contributed by atoms with Crippen LogP contribution in [-0.4, -0.2) is 32.9 Å². The van der Waals surface area contributed by atoms with Crippen LogP contribution in [-0.2, 0) is 0 Å². The normalized spacial score (nSPS) is 11.5. The Morgan fingerprint density at radius 1 is 1.18 bits per heavy atom. The Labute approximate surface area is 99.4 Å². The lowest BCUT2D eigenvalue weighted by Crippen LogP contribution is -2.31. The second kappa shape index (κ2) is 6.49. The maximum atomic E-state index is 11.8. The fraction of sp³-hybridized carbons (Fsp3) is 0.500. The third-order valence-electron chi connectivity index (χ3n) is 2.37. The Morgan fingerprint density at radius 3 is 2.41 bits per heavy atom. The first-order valence-electron chi connectivity index (χ1n) is 5.53. The standard InChI is InChI=1S/C12H17F3N2/c1-17(11-6-3-2-4-7-11)9-5-8-16-10-12(13,14)15/h2-4,6-7,16H,5,8-10H2,1H3. The van der Waals surface area contributed by atoms with Crippen LogP contribution in [0.3, 0.4) is 0 Å². The molecule has 0 heterocycles. The zero-order chi connectivity index (χ0) is 12.7. The summed E-state index contributed by atoms with van der Waals surface area (Å²) in [5, 5.41) is 2.38. The SMILES string of the molecule is CN(CCCNCC(F)(F)F)c1ccccc1. The summed E-state index contributed by atoms with van der Waals surface area (Å²) in [6, 6.07) is 9.76. The number of nitrogens with one attached hydrogen (secondary N) is 1. The smallest absolute Gasteiger partial charge is 0.375 e. The summed E-state index contributed by atoms with van der Waals surface area (Å²) in [4.78, 5) is 2.02. The molecule has 0 saturated carbocycles. The highest BCUT2D eigenvalue weighted by atomic mass is 19.4. The minimum Gasteiger partial charge on any atom is -0.375 e. The molecule has 2 nitrogen and oxygen atoms in total. The van der Waals surface area contributed by atoms with Crippen LogP contribution in [0.25, 0.3) is 0 Å². The number of halogens is 3. The van der Waals surface area contributed by atoms with Crippen molar-refractivity contribution in [3.63, 3.8) is 0 Å². The van der Waals surface area contributed by atoms with Gasteiger partial charge < -0.3 is 10.2 Å². The largest absolute Gasteiger partial charge is 0.401 e. The molecule has 0 aromatic heterocycles. The number of hydrogen-bond donors (Lipinski definition) is 1. The van der Waals surface area contributed by atoms with Crippen LogP contribution >= 0.6 is 0 Å². The molecule has 0 bridgehead atoms. The molecule has 96 valence electrons. The van der Waals surface area contributed by atoms with Crippen molar-refractivity contribution < 1.29 is 13.2 Å². The van der Waals surface area contributed by atoms with Crippen LogP contribution in [0.5, 0.6) is 0 Å². The number of anilines is 1. The molecule has 0 unspecified atom stereocenters. The monoisotopic (exact) mass is 246 g/mol. The number of benzene rings is 1. The molecule has 5 heteroatoms. The average Bonchev–Trinajstić information content (AvgIpc) is 2.28. The second-order valence-electron chi connectivity index (χ2n) is 3.90. The minimum absolute atomic E-state index is 0.372. The number of hydrogen-bond acceptors (Lipinski definition) is 2. The second-order valence-corrected chi connectivity index (χ2v) is 3.90. The summed E-state index contributed by atoms with van der Waals surface area (Å²) in [6.07, 6.45) is -3.44. The van der Waals surface area contributed by atoms with E-state index in [-0.39, 0.29) is 0 Å². The van der Waals surface area contributed by atoms with Gasteiger partial charge in [-0.3, -0.25) is 0 Å². The van der Waals surface area contributed by atoms with Crippen molar-refractivity contribution in [1.82, 2.24) is 5.32 Å². The van der Waals surface area contributed by atoms with Crippen molar-refractivity contribution in [2.75, 3.05) is 31.6 Å². The zero-order valence-corrected chi connectivity index (χ0v) is 9.80. The van der Waals surface area contributed by atoms with E-state index in [1.807, 2.05) is 42.3 Å². The summed E-state index contributed by atoms with van der Waals surface area (Å²) >= 11 is 0. The van der Waals surface area contributed by atoms with E-state index in [4.69, 9.17) is 0 Å². The van der Waals surface area contributed by atoms with E-state index in [1.54, 1.807) is 0 Å². The first kappa shape index (κ1) is 13.8. The van der Waals surface area contributed by atoms with Crippen LogP contribution in [0.15, 0.2) is 30.3 Å². The lowest BCUT2D eigenvalue weighted by atomic mass is 10.3. The topological polar surface area (TPSA) is 15.3 Å². The van der Waals surface area contributed by atoms with Crippen LogP contribution in [0.4, 0.5) is 18.9 Å². The van der Waals surface area contributed by atoms with E-state index in [0.29, 0.717) is 13.0 Å². The number of nitrogens with zero attached hydrogens (tertiary/aromatic N) is 1. The van der Waals surface area contributed by atoms with E-state index >= 15 is 0 Å². The van der Waals surface area contributed by atoms with Gasteiger partial charge in [0.05, 0.1) is 6.54 Å². The first-order chi connectivity index (χ1) is 7.99. The fourth-order valence-electron chi connectivity index (χ4n) is 1.48. The third kappa shape index (κ3) is 6.16. The van der Waals surface area contributed by atoms with Crippen LogP contribution in [0.1, 0.15) is 6.42 Å². The molecule has 1 N–H and O–H groups in total. The van der Waals surface area contributed by atoms with Gasteiger partial charge in [0.1, 0.15) is 0 Å². The van der Waals surface area contributed by atoms with Crippen molar-refractivity contribution in [2.45, 2.75) is 12.6 Å². The molecule has 1 rings (SSSR count). The minimum atomic E-state index is -4.12. The van der Waals surface area contributed by atoms with Gasteiger partial charge in [-0.05, 0) is 25.1 Å². The molecule has 0 amide bonds. The molecule has 0 radical (unpaired) electrons. The van der Waals surface area contributed by atoms with Gasteiger partial charge in [0.25, 0.3) is 0 Å². The van der Waals surface area contributed by atoms with Gasteiger partial charge in [-0.1, -0.05) is 18.2 Å². The van der Waals surface area contributed by atoms with Gasteiger partial charge in [-0.15, -0.1) is 0 Å². The van der Waals surface area contributed by atoms with Gasteiger partial charge in [0.15, 0.2) is 0 Å². The summed E-state index contributed by atoms with van der Waals surface area (Å²) < 4.78 is 35.5. The Morgan fingerprint density at radius 2 is 1.82 bits per heavy atom. The molecule has 0 saturated heterocycles. The Balaban J connectivity index is 2.15. The summed E-state index contributed by atoms with van der Waals surface area (Å²) in [7, 11) is 1.93. The van der Waals surface area contributed by atoms with Crippen molar-refractivity contribution in [2.24, 2.45) is 0 Å². The lowest BCUT2D eigenvalue weighted by molar-refractivity contribution is -0.124. The maximum Gasteiger partial charge on any atom is 0.401 e. The van der Waals surface area contributed by atoms with Gasteiger partial charge in [-0.2, -0.15) is 13.2 Å². The van der Waals surface area contributed by atoms with E-state index in [2.05, 4.69) is 5.32 Å². The zero-order valence-electron chi connectivity index (χ0n) is 9.80. The van der Waals surface area contributed by atoms with Crippen LogP contribution < -0.4 is 10.2 Å². The van der Waals surface area contributed by atoms with E-state index < -0.39 is 12.7 Å².